The molecule has 0 aliphatic heterocycles. The highest BCUT2D eigenvalue weighted by Crippen LogP contribution is 2.15. The fourth-order valence-corrected chi connectivity index (χ4v) is 7.68. The summed E-state index contributed by atoms with van der Waals surface area (Å²) in [5.41, 5.74) is 0. The van der Waals surface area contributed by atoms with Gasteiger partial charge in [-0.2, -0.15) is 0 Å². The van der Waals surface area contributed by atoms with E-state index in [1.54, 1.807) is 0 Å². The van der Waals surface area contributed by atoms with Crippen molar-refractivity contribution < 1.29 is 28.6 Å². The largest absolute Gasteiger partial charge is 0.462 e. The summed E-state index contributed by atoms with van der Waals surface area (Å²) in [6.07, 6.45) is 71.4. The lowest BCUT2D eigenvalue weighted by molar-refractivity contribution is -0.167. The average molecular weight is 933 g/mol. The summed E-state index contributed by atoms with van der Waals surface area (Å²) in [6, 6.07) is 0. The lowest BCUT2D eigenvalue weighted by Crippen LogP contribution is -2.30. The Morgan fingerprint density at radius 1 is 0.313 bits per heavy atom. The van der Waals surface area contributed by atoms with Crippen LogP contribution in [0, 0.1) is 0 Å². The first-order valence-corrected chi connectivity index (χ1v) is 28.1. The van der Waals surface area contributed by atoms with E-state index in [1.165, 1.54) is 116 Å². The fourth-order valence-electron chi connectivity index (χ4n) is 7.68. The van der Waals surface area contributed by atoms with Crippen LogP contribution in [0.15, 0.2) is 85.1 Å². The number of ether oxygens (including phenoxy) is 3. The molecule has 0 saturated heterocycles. The van der Waals surface area contributed by atoms with Gasteiger partial charge in [-0.05, 0) is 96.3 Å². The number of unbranched alkanes of at least 4 members (excludes halogenated alkanes) is 25. The molecule has 0 heterocycles. The molecule has 6 heteroatoms. The van der Waals surface area contributed by atoms with Crippen molar-refractivity contribution in [2.24, 2.45) is 0 Å². The van der Waals surface area contributed by atoms with E-state index >= 15 is 0 Å². The Balaban J connectivity index is 4.31. The average Bonchev–Trinajstić information content (AvgIpc) is 3.33. The van der Waals surface area contributed by atoms with E-state index in [-0.39, 0.29) is 31.1 Å². The monoisotopic (exact) mass is 933 g/mol. The molecule has 6 nitrogen and oxygen atoms in total. The minimum absolute atomic E-state index is 0.0820. The zero-order valence-electron chi connectivity index (χ0n) is 43.9. The van der Waals surface area contributed by atoms with Crippen LogP contribution in [0.1, 0.15) is 265 Å². The van der Waals surface area contributed by atoms with Gasteiger partial charge in [0.2, 0.25) is 0 Å². The highest BCUT2D eigenvalue weighted by molar-refractivity contribution is 5.71. The van der Waals surface area contributed by atoms with Crippen molar-refractivity contribution in [2.45, 2.75) is 271 Å². The van der Waals surface area contributed by atoms with Crippen molar-refractivity contribution in [3.63, 3.8) is 0 Å². The highest BCUT2D eigenvalue weighted by Gasteiger charge is 2.19. The van der Waals surface area contributed by atoms with E-state index in [1.807, 2.05) is 0 Å². The van der Waals surface area contributed by atoms with Gasteiger partial charge in [-0.15, -0.1) is 0 Å². The summed E-state index contributed by atoms with van der Waals surface area (Å²) in [7, 11) is 0. The number of allylic oxidation sites excluding steroid dienone is 14. The van der Waals surface area contributed by atoms with E-state index in [2.05, 4.69) is 106 Å². The number of hydrogen-bond donors (Lipinski definition) is 0. The van der Waals surface area contributed by atoms with Crippen LogP contribution in [0.5, 0.6) is 0 Å². The quantitative estimate of drug-likeness (QED) is 0.0262. The maximum atomic E-state index is 12.8. The van der Waals surface area contributed by atoms with Crippen LogP contribution in [0.4, 0.5) is 0 Å². The van der Waals surface area contributed by atoms with Crippen molar-refractivity contribution in [1.29, 1.82) is 0 Å². The van der Waals surface area contributed by atoms with Gasteiger partial charge in [-0.25, -0.2) is 0 Å². The van der Waals surface area contributed by atoms with Crippen LogP contribution in [0.3, 0.4) is 0 Å². The summed E-state index contributed by atoms with van der Waals surface area (Å²) in [5.74, 6) is -0.900. The number of carbonyl (C=O) groups excluding carboxylic acids is 3. The Kier molecular flexibility index (Phi) is 52.4. The van der Waals surface area contributed by atoms with Crippen LogP contribution in [-0.2, 0) is 28.6 Å². The number of carbonyl (C=O) groups is 3. The SMILES string of the molecule is CC/C=C\C/C=C\C/C=C\C/C=C\C/C=C\CCCCCCCCCC(=O)OCC(COC(=O)CCCCCCCCCCC)OC(=O)CCCCCCCCC/C=C\C/C=C\CCCCC. The Labute approximate surface area is 414 Å². The lowest BCUT2D eigenvalue weighted by atomic mass is 10.1. The molecule has 0 aromatic rings. The molecule has 0 saturated carbocycles. The molecule has 0 spiro atoms. The lowest BCUT2D eigenvalue weighted by Gasteiger charge is -2.18. The van der Waals surface area contributed by atoms with Gasteiger partial charge in [0.05, 0.1) is 0 Å². The van der Waals surface area contributed by atoms with Gasteiger partial charge in [-0.1, -0.05) is 234 Å². The van der Waals surface area contributed by atoms with Gasteiger partial charge in [0.25, 0.3) is 0 Å². The second-order valence-corrected chi connectivity index (χ2v) is 18.5. The fraction of sp³-hybridized carbons (Fsp3) is 0.721. The van der Waals surface area contributed by atoms with Gasteiger partial charge < -0.3 is 14.2 Å². The third-order valence-electron chi connectivity index (χ3n) is 11.9. The van der Waals surface area contributed by atoms with Crippen LogP contribution < -0.4 is 0 Å². The van der Waals surface area contributed by atoms with Crippen LogP contribution in [-0.4, -0.2) is 37.2 Å². The molecule has 1 atom stereocenters. The molecule has 0 N–H and O–H groups in total. The molecule has 0 amide bonds. The molecule has 0 aromatic heterocycles. The minimum atomic E-state index is -0.783. The molecule has 0 radical (unpaired) electrons. The predicted molar refractivity (Wildman–Crippen MR) is 288 cm³/mol. The number of esters is 3. The molecule has 384 valence electrons. The molecule has 67 heavy (non-hydrogen) atoms. The summed E-state index contributed by atoms with van der Waals surface area (Å²) >= 11 is 0. The molecule has 0 rings (SSSR count). The Morgan fingerprint density at radius 2 is 0.582 bits per heavy atom. The molecular formula is C61H104O6. The summed E-state index contributed by atoms with van der Waals surface area (Å²) in [4.78, 5) is 38.0. The Morgan fingerprint density at radius 3 is 0.940 bits per heavy atom. The molecule has 0 aliphatic carbocycles. The van der Waals surface area contributed by atoms with Crippen LogP contribution in [0.2, 0.25) is 0 Å². The third kappa shape index (κ3) is 53.4. The van der Waals surface area contributed by atoms with Crippen LogP contribution in [0.25, 0.3) is 0 Å². The van der Waals surface area contributed by atoms with E-state index in [0.717, 1.165) is 109 Å². The normalized spacial score (nSPS) is 12.7. The second kappa shape index (κ2) is 55.2. The molecule has 0 fully saturated rings. The highest BCUT2D eigenvalue weighted by atomic mass is 16.6. The van der Waals surface area contributed by atoms with Gasteiger partial charge >= 0.3 is 17.9 Å². The maximum absolute atomic E-state index is 12.8. The predicted octanol–water partition coefficient (Wildman–Crippen LogP) is 18.8. The van der Waals surface area contributed by atoms with Gasteiger partial charge in [0, 0.05) is 19.3 Å². The zero-order valence-corrected chi connectivity index (χ0v) is 43.9. The van der Waals surface area contributed by atoms with Crippen LogP contribution >= 0.6 is 0 Å². The first-order valence-electron chi connectivity index (χ1n) is 28.1. The van der Waals surface area contributed by atoms with Crippen molar-refractivity contribution in [3.8, 4) is 0 Å². The van der Waals surface area contributed by atoms with E-state index < -0.39 is 6.10 Å². The molecule has 0 aliphatic rings. The Bertz CT molecular complexity index is 1300. The standard InChI is InChI=1S/C61H104O6/c1-4-7-10-13-16-19-21-23-25-27-28-29-30-31-32-34-35-37-39-42-45-48-51-54-60(63)66-57-58(56-65-59(62)53-50-47-44-41-18-15-12-9-6-3)67-61(64)55-52-49-46-43-40-38-36-33-26-24-22-20-17-14-11-8-5-2/h7,10,16-17,19-20,23-26,28-29,31-32,58H,4-6,8-9,11-15,18,21-22,27,30,33-57H2,1-3H3/b10-7-,19-16-,20-17-,25-23-,26-24-,29-28-,32-31-. The minimum Gasteiger partial charge on any atom is -0.462 e. The molecular weight excluding hydrogens is 829 g/mol. The van der Waals surface area contributed by atoms with Crippen molar-refractivity contribution in [1.82, 2.24) is 0 Å². The van der Waals surface area contributed by atoms with Gasteiger partial charge in [0.1, 0.15) is 13.2 Å². The van der Waals surface area contributed by atoms with E-state index in [0.29, 0.717) is 19.3 Å². The van der Waals surface area contributed by atoms with Gasteiger partial charge in [-0.3, -0.25) is 14.4 Å². The Hall–Kier alpha value is -3.41. The molecule has 0 bridgehead atoms. The molecule has 0 aromatic carbocycles. The summed E-state index contributed by atoms with van der Waals surface area (Å²) < 4.78 is 16.8. The molecule has 1 unspecified atom stereocenters. The van der Waals surface area contributed by atoms with E-state index in [9.17, 15) is 14.4 Å². The first kappa shape index (κ1) is 63.6. The van der Waals surface area contributed by atoms with Crippen molar-refractivity contribution >= 4 is 17.9 Å². The third-order valence-corrected chi connectivity index (χ3v) is 11.9. The van der Waals surface area contributed by atoms with Crippen molar-refractivity contribution in [3.05, 3.63) is 85.1 Å². The van der Waals surface area contributed by atoms with Crippen molar-refractivity contribution in [2.75, 3.05) is 13.2 Å². The summed E-state index contributed by atoms with van der Waals surface area (Å²) in [5, 5.41) is 0. The first-order chi connectivity index (χ1) is 33.0. The zero-order chi connectivity index (χ0) is 48.6. The maximum Gasteiger partial charge on any atom is 0.306 e. The van der Waals surface area contributed by atoms with Gasteiger partial charge in [0.15, 0.2) is 6.10 Å². The number of rotatable bonds is 50. The second-order valence-electron chi connectivity index (χ2n) is 18.5. The van der Waals surface area contributed by atoms with E-state index in [4.69, 9.17) is 14.2 Å². The number of hydrogen-bond acceptors (Lipinski definition) is 6. The summed E-state index contributed by atoms with van der Waals surface area (Å²) in [6.45, 7) is 6.47. The topological polar surface area (TPSA) is 78.9 Å². The smallest absolute Gasteiger partial charge is 0.306 e.